The van der Waals surface area contributed by atoms with Gasteiger partial charge >= 0.3 is 0 Å². The van der Waals surface area contributed by atoms with Gasteiger partial charge in [0.1, 0.15) is 6.54 Å². The van der Waals surface area contributed by atoms with Gasteiger partial charge in [0.2, 0.25) is 5.91 Å². The highest BCUT2D eigenvalue weighted by Gasteiger charge is 2.30. The monoisotopic (exact) mass is 426 g/mol. The highest BCUT2D eigenvalue weighted by Crippen LogP contribution is 2.37. The van der Waals surface area contributed by atoms with E-state index in [0.29, 0.717) is 0 Å². The van der Waals surface area contributed by atoms with Crippen molar-refractivity contribution in [2.45, 2.75) is 4.90 Å². The largest absolute Gasteiger partial charge is 0.368 e. The highest BCUT2D eigenvalue weighted by molar-refractivity contribution is 7.92. The summed E-state index contributed by atoms with van der Waals surface area (Å²) in [4.78, 5) is 11.2. The van der Waals surface area contributed by atoms with Crippen LogP contribution in [0, 0.1) is 0 Å². The van der Waals surface area contributed by atoms with Crippen molar-refractivity contribution in [2.75, 3.05) is 10.8 Å². The highest BCUT2D eigenvalue weighted by atomic mass is 35.5. The number of nitrogens with zero attached hydrogens (tertiary/aromatic N) is 1. The van der Waals surface area contributed by atoms with Crippen LogP contribution in [0.3, 0.4) is 0 Å². The van der Waals surface area contributed by atoms with E-state index in [-0.39, 0.29) is 30.7 Å². The maximum absolute atomic E-state index is 12.9. The van der Waals surface area contributed by atoms with Crippen molar-refractivity contribution in [3.63, 3.8) is 0 Å². The van der Waals surface area contributed by atoms with E-state index in [4.69, 9.17) is 52.1 Å². The smallest absolute Gasteiger partial charge is 0.264 e. The summed E-state index contributed by atoms with van der Waals surface area (Å²) in [7, 11) is -4.21. The lowest BCUT2D eigenvalue weighted by Crippen LogP contribution is -2.39. The fraction of sp³-hybridized carbons (Fsp3) is 0.0714. The molecule has 24 heavy (non-hydrogen) atoms. The molecule has 2 aromatic carbocycles. The van der Waals surface area contributed by atoms with Crippen LogP contribution in [0.1, 0.15) is 0 Å². The molecular formula is C14H10Cl4N2O3S. The molecule has 128 valence electrons. The van der Waals surface area contributed by atoms with Crippen molar-refractivity contribution < 1.29 is 13.2 Å². The molecule has 1 amide bonds. The fourth-order valence-electron chi connectivity index (χ4n) is 1.92. The van der Waals surface area contributed by atoms with Crippen LogP contribution in [0.5, 0.6) is 0 Å². The number of halogens is 4. The zero-order valence-corrected chi connectivity index (χ0v) is 15.7. The molecule has 0 bridgehead atoms. The van der Waals surface area contributed by atoms with E-state index in [9.17, 15) is 13.2 Å². The first-order valence-electron chi connectivity index (χ1n) is 6.34. The summed E-state index contributed by atoms with van der Waals surface area (Å²) in [6, 6.07) is 8.18. The summed E-state index contributed by atoms with van der Waals surface area (Å²) in [6.45, 7) is -0.647. The van der Waals surface area contributed by atoms with Gasteiger partial charge in [-0.05, 0) is 30.3 Å². The average molecular weight is 428 g/mol. The second kappa shape index (κ2) is 7.37. The van der Waals surface area contributed by atoms with Gasteiger partial charge in [-0.1, -0.05) is 52.5 Å². The predicted octanol–water partition coefficient (Wildman–Crippen LogP) is 3.98. The van der Waals surface area contributed by atoms with Crippen molar-refractivity contribution in [1.29, 1.82) is 0 Å². The van der Waals surface area contributed by atoms with Gasteiger partial charge < -0.3 is 5.73 Å². The van der Waals surface area contributed by atoms with E-state index in [1.54, 1.807) is 6.07 Å². The van der Waals surface area contributed by atoms with Gasteiger partial charge in [-0.15, -0.1) is 0 Å². The second-order valence-electron chi connectivity index (χ2n) is 4.62. The predicted molar refractivity (Wildman–Crippen MR) is 96.7 cm³/mol. The first-order chi connectivity index (χ1) is 11.1. The van der Waals surface area contributed by atoms with Gasteiger partial charge in [0, 0.05) is 0 Å². The first-order valence-corrected chi connectivity index (χ1v) is 9.30. The number of carbonyl (C=O) groups is 1. The maximum Gasteiger partial charge on any atom is 0.264 e. The standard InChI is InChI=1S/C14H10Cl4N2O3S/c15-9-5-4-8(6-12(9)18)24(22,23)20(7-13(19)21)14-10(16)2-1-3-11(14)17/h1-6H,7H2,(H2,19,21). The Morgan fingerprint density at radius 1 is 0.958 bits per heavy atom. The van der Waals surface area contributed by atoms with Gasteiger partial charge in [0.25, 0.3) is 10.0 Å². The molecule has 0 unspecified atom stereocenters. The number of para-hydroxylation sites is 1. The number of sulfonamides is 1. The first kappa shape index (κ1) is 19.1. The third kappa shape index (κ3) is 3.90. The normalized spacial score (nSPS) is 11.3. The molecule has 0 aromatic heterocycles. The zero-order chi connectivity index (χ0) is 18.1. The Hall–Kier alpha value is -1.18. The molecule has 0 saturated heterocycles. The van der Waals surface area contributed by atoms with E-state index >= 15 is 0 Å². The van der Waals surface area contributed by atoms with Crippen molar-refractivity contribution in [2.24, 2.45) is 5.73 Å². The number of primary amides is 1. The number of carbonyl (C=O) groups excluding carboxylic acids is 1. The Labute approximate surface area is 158 Å². The summed E-state index contributed by atoms with van der Waals surface area (Å²) in [5.41, 5.74) is 5.13. The summed E-state index contributed by atoms with van der Waals surface area (Å²) >= 11 is 23.8. The minimum Gasteiger partial charge on any atom is -0.368 e. The van der Waals surface area contributed by atoms with Crippen LogP contribution in [-0.2, 0) is 14.8 Å². The van der Waals surface area contributed by atoms with E-state index in [1.807, 2.05) is 0 Å². The zero-order valence-electron chi connectivity index (χ0n) is 11.8. The van der Waals surface area contributed by atoms with Crippen LogP contribution >= 0.6 is 46.4 Å². The van der Waals surface area contributed by atoms with Gasteiger partial charge in [-0.3, -0.25) is 9.10 Å². The number of amides is 1. The molecule has 0 aliphatic heterocycles. The Morgan fingerprint density at radius 2 is 1.54 bits per heavy atom. The lowest BCUT2D eigenvalue weighted by Gasteiger charge is -2.25. The lowest BCUT2D eigenvalue weighted by molar-refractivity contribution is -0.116. The Morgan fingerprint density at radius 3 is 2.04 bits per heavy atom. The van der Waals surface area contributed by atoms with E-state index in [1.165, 1.54) is 24.3 Å². The molecule has 0 fully saturated rings. The number of benzene rings is 2. The fourth-order valence-corrected chi connectivity index (χ4v) is 4.48. The van der Waals surface area contributed by atoms with Crippen LogP contribution in [-0.4, -0.2) is 20.9 Å². The molecule has 5 nitrogen and oxygen atoms in total. The SMILES string of the molecule is NC(=O)CN(c1c(Cl)cccc1Cl)S(=O)(=O)c1ccc(Cl)c(Cl)c1. The van der Waals surface area contributed by atoms with Crippen molar-refractivity contribution in [3.8, 4) is 0 Å². The molecule has 0 aliphatic rings. The van der Waals surface area contributed by atoms with Gasteiger partial charge in [-0.2, -0.15) is 0 Å². The summed E-state index contributed by atoms with van der Waals surface area (Å²) in [5.74, 6) is -0.880. The molecule has 0 heterocycles. The lowest BCUT2D eigenvalue weighted by atomic mass is 10.3. The van der Waals surface area contributed by atoms with Crippen molar-refractivity contribution >= 4 is 68.0 Å². The molecule has 2 rings (SSSR count). The Bertz CT molecular complexity index is 883. The minimum absolute atomic E-state index is 0.0435. The number of hydrogen-bond donors (Lipinski definition) is 1. The summed E-state index contributed by atoms with van der Waals surface area (Å²) < 4.78 is 26.6. The third-order valence-corrected chi connectivity index (χ3v) is 6.06. The molecular weight excluding hydrogens is 418 g/mol. The van der Waals surface area contributed by atoms with Crippen LogP contribution in [0.25, 0.3) is 0 Å². The number of anilines is 1. The second-order valence-corrected chi connectivity index (χ2v) is 8.12. The number of nitrogens with two attached hydrogens (primary N) is 1. The van der Waals surface area contributed by atoms with Crippen molar-refractivity contribution in [3.05, 3.63) is 56.5 Å². The van der Waals surface area contributed by atoms with Crippen LogP contribution in [0.2, 0.25) is 20.1 Å². The van der Waals surface area contributed by atoms with Crippen LogP contribution in [0.15, 0.2) is 41.3 Å². The van der Waals surface area contributed by atoms with E-state index in [0.717, 1.165) is 10.4 Å². The maximum atomic E-state index is 12.9. The molecule has 0 aliphatic carbocycles. The van der Waals surface area contributed by atoms with Gasteiger partial charge in [0.15, 0.2) is 0 Å². The number of hydrogen-bond acceptors (Lipinski definition) is 3. The summed E-state index contributed by atoms with van der Waals surface area (Å²) in [6.07, 6.45) is 0. The molecule has 0 radical (unpaired) electrons. The number of rotatable bonds is 5. The van der Waals surface area contributed by atoms with Gasteiger partial charge in [-0.25, -0.2) is 8.42 Å². The van der Waals surface area contributed by atoms with E-state index < -0.39 is 22.5 Å². The average Bonchev–Trinajstić information content (AvgIpc) is 2.48. The third-order valence-electron chi connectivity index (χ3n) is 2.97. The Balaban J connectivity index is 2.67. The molecule has 0 saturated carbocycles. The molecule has 2 N–H and O–H groups in total. The molecule has 0 atom stereocenters. The Kier molecular flexibility index (Phi) is 5.88. The molecule has 2 aromatic rings. The topological polar surface area (TPSA) is 80.5 Å². The van der Waals surface area contributed by atoms with Crippen LogP contribution < -0.4 is 10.0 Å². The van der Waals surface area contributed by atoms with Crippen molar-refractivity contribution in [1.82, 2.24) is 0 Å². The quantitative estimate of drug-likeness (QED) is 0.783. The van der Waals surface area contributed by atoms with E-state index in [2.05, 4.69) is 0 Å². The minimum atomic E-state index is -4.21. The summed E-state index contributed by atoms with van der Waals surface area (Å²) in [5, 5.41) is 0.328. The van der Waals surface area contributed by atoms with Gasteiger partial charge in [0.05, 0.1) is 30.7 Å². The molecule has 0 spiro atoms. The van der Waals surface area contributed by atoms with Crippen LogP contribution in [0.4, 0.5) is 5.69 Å². The molecule has 10 heteroatoms.